The molecule has 0 bridgehead atoms. The van der Waals surface area contributed by atoms with Crippen LogP contribution in [0.1, 0.15) is 13.8 Å². The Morgan fingerprint density at radius 3 is 2.74 bits per heavy atom. The summed E-state index contributed by atoms with van der Waals surface area (Å²) in [5.41, 5.74) is -0.254. The highest BCUT2D eigenvalue weighted by Gasteiger charge is 2.44. The number of benzene rings is 1. The van der Waals surface area contributed by atoms with E-state index in [0.717, 1.165) is 11.8 Å². The van der Waals surface area contributed by atoms with E-state index >= 15 is 0 Å². The number of carbonyl (C=O) groups is 2. The van der Waals surface area contributed by atoms with Gasteiger partial charge in [0.2, 0.25) is 11.8 Å². The second-order valence-electron chi connectivity index (χ2n) is 6.27. The van der Waals surface area contributed by atoms with E-state index in [9.17, 15) is 20.1 Å². The molecular formula is C18H17ClN4O3S. The highest BCUT2D eigenvalue weighted by atomic mass is 35.5. The van der Waals surface area contributed by atoms with Crippen molar-refractivity contribution in [1.82, 2.24) is 5.32 Å². The minimum Gasteiger partial charge on any atom is -0.495 e. The average Bonchev–Trinajstić information content (AvgIpc) is 2.59. The largest absolute Gasteiger partial charge is 0.495 e. The third-order valence-electron chi connectivity index (χ3n) is 4.12. The monoisotopic (exact) mass is 404 g/mol. The Morgan fingerprint density at radius 2 is 2.15 bits per heavy atom. The summed E-state index contributed by atoms with van der Waals surface area (Å²) in [4.78, 5) is 24.4. The Balaban J connectivity index is 2.16. The summed E-state index contributed by atoms with van der Waals surface area (Å²) >= 11 is 6.96. The minimum absolute atomic E-state index is 0.0518. The summed E-state index contributed by atoms with van der Waals surface area (Å²) in [6.07, 6.45) is 0. The molecule has 1 aliphatic rings. The molecule has 1 heterocycles. The van der Waals surface area contributed by atoms with Gasteiger partial charge in [0.15, 0.2) is 0 Å². The molecular weight excluding hydrogens is 388 g/mol. The molecule has 140 valence electrons. The second-order valence-corrected chi connectivity index (χ2v) is 7.69. The van der Waals surface area contributed by atoms with Crippen molar-refractivity contribution in [3.8, 4) is 17.9 Å². The van der Waals surface area contributed by atoms with Crippen LogP contribution in [0, 0.1) is 34.0 Å². The predicted octanol–water partition coefficient (Wildman–Crippen LogP) is 3.05. The van der Waals surface area contributed by atoms with Crippen molar-refractivity contribution in [3.63, 3.8) is 0 Å². The molecule has 0 fully saturated rings. The van der Waals surface area contributed by atoms with Gasteiger partial charge in [-0.25, -0.2) is 0 Å². The van der Waals surface area contributed by atoms with Gasteiger partial charge in [-0.3, -0.25) is 9.59 Å². The zero-order valence-electron chi connectivity index (χ0n) is 14.9. The van der Waals surface area contributed by atoms with Crippen molar-refractivity contribution in [2.75, 3.05) is 18.2 Å². The van der Waals surface area contributed by atoms with Gasteiger partial charge in [0.1, 0.15) is 11.7 Å². The first-order valence-corrected chi connectivity index (χ1v) is 9.22. The van der Waals surface area contributed by atoms with Gasteiger partial charge in [0, 0.05) is 10.4 Å². The zero-order chi connectivity index (χ0) is 20.2. The van der Waals surface area contributed by atoms with E-state index in [4.69, 9.17) is 16.3 Å². The molecule has 0 saturated heterocycles. The molecule has 1 aromatic carbocycles. The van der Waals surface area contributed by atoms with E-state index in [1.54, 1.807) is 32.0 Å². The van der Waals surface area contributed by atoms with Gasteiger partial charge in [0.25, 0.3) is 0 Å². The van der Waals surface area contributed by atoms with Crippen LogP contribution in [0.25, 0.3) is 0 Å². The highest BCUT2D eigenvalue weighted by molar-refractivity contribution is 8.03. The third-order valence-corrected chi connectivity index (χ3v) is 5.35. The predicted molar refractivity (Wildman–Crippen MR) is 103 cm³/mol. The first-order valence-electron chi connectivity index (χ1n) is 7.86. The molecule has 0 unspecified atom stereocenters. The molecule has 1 aromatic rings. The number of nitrogens with one attached hydrogen (secondary N) is 2. The minimum atomic E-state index is -0.971. The standard InChI is InChI=1S/C18H17ClN4O3S/c1-18(2)11(7-20)16(25)23-17(12(18)8-21)27-9-15(24)22-13-6-10(19)4-5-14(13)26-3/h4-6,11H,9H2,1-3H3,(H,22,24)(H,23,25)/t11-/m1/s1. The molecule has 0 spiro atoms. The number of methoxy groups -OCH3 is 1. The summed E-state index contributed by atoms with van der Waals surface area (Å²) in [6, 6.07) is 8.82. The van der Waals surface area contributed by atoms with Crippen LogP contribution in [-0.4, -0.2) is 24.7 Å². The number of amides is 2. The maximum atomic E-state index is 12.3. The number of ether oxygens (including phenoxy) is 1. The van der Waals surface area contributed by atoms with Crippen LogP contribution < -0.4 is 15.4 Å². The Hall–Kier alpha value is -2.68. The summed E-state index contributed by atoms with van der Waals surface area (Å²) in [5.74, 6) is -1.41. The lowest BCUT2D eigenvalue weighted by molar-refractivity contribution is -0.125. The quantitative estimate of drug-likeness (QED) is 0.779. The van der Waals surface area contributed by atoms with Gasteiger partial charge in [-0.1, -0.05) is 37.2 Å². The molecule has 7 nitrogen and oxygen atoms in total. The number of nitriles is 2. The number of anilines is 1. The van der Waals surface area contributed by atoms with Crippen molar-refractivity contribution < 1.29 is 14.3 Å². The fourth-order valence-corrected chi connectivity index (χ4v) is 3.78. The smallest absolute Gasteiger partial charge is 0.243 e. The highest BCUT2D eigenvalue weighted by Crippen LogP contribution is 2.41. The number of carbonyl (C=O) groups excluding carboxylic acids is 2. The summed E-state index contributed by atoms with van der Waals surface area (Å²) in [7, 11) is 1.48. The van der Waals surface area contributed by atoms with Crippen LogP contribution in [0.2, 0.25) is 5.02 Å². The molecule has 1 atom stereocenters. The number of thioether (sulfide) groups is 1. The molecule has 9 heteroatoms. The lowest BCUT2D eigenvalue weighted by Gasteiger charge is -2.34. The summed E-state index contributed by atoms with van der Waals surface area (Å²) in [6.45, 7) is 3.32. The second kappa shape index (κ2) is 8.34. The van der Waals surface area contributed by atoms with Gasteiger partial charge in [-0.15, -0.1) is 0 Å². The molecule has 0 saturated carbocycles. The lowest BCUT2D eigenvalue weighted by atomic mass is 9.72. The van der Waals surface area contributed by atoms with Gasteiger partial charge < -0.3 is 15.4 Å². The van der Waals surface area contributed by atoms with Gasteiger partial charge in [-0.2, -0.15) is 10.5 Å². The van der Waals surface area contributed by atoms with Gasteiger partial charge in [-0.05, 0) is 18.2 Å². The van der Waals surface area contributed by atoms with Crippen LogP contribution in [0.5, 0.6) is 5.75 Å². The maximum Gasteiger partial charge on any atom is 0.243 e. The van der Waals surface area contributed by atoms with Crippen molar-refractivity contribution in [2.24, 2.45) is 11.3 Å². The van der Waals surface area contributed by atoms with E-state index in [1.165, 1.54) is 7.11 Å². The van der Waals surface area contributed by atoms with Crippen molar-refractivity contribution >= 4 is 40.9 Å². The SMILES string of the molecule is COc1ccc(Cl)cc1NC(=O)CSC1=C(C#N)C(C)(C)[C@H](C#N)C(=O)N1. The van der Waals surface area contributed by atoms with Crippen LogP contribution in [0.3, 0.4) is 0 Å². The van der Waals surface area contributed by atoms with Gasteiger partial charge in [0.05, 0.1) is 41.3 Å². The van der Waals surface area contributed by atoms with Crippen LogP contribution >= 0.6 is 23.4 Å². The van der Waals surface area contributed by atoms with E-state index in [-0.39, 0.29) is 22.3 Å². The zero-order valence-corrected chi connectivity index (χ0v) is 16.5. The molecule has 27 heavy (non-hydrogen) atoms. The van der Waals surface area contributed by atoms with Gasteiger partial charge >= 0.3 is 0 Å². The van der Waals surface area contributed by atoms with Crippen LogP contribution in [0.15, 0.2) is 28.8 Å². The number of hydrogen-bond acceptors (Lipinski definition) is 6. The molecule has 2 amide bonds. The summed E-state index contributed by atoms with van der Waals surface area (Å²) < 4.78 is 5.18. The molecule has 0 aliphatic carbocycles. The van der Waals surface area contributed by atoms with Crippen molar-refractivity contribution in [2.45, 2.75) is 13.8 Å². The van der Waals surface area contributed by atoms with E-state index in [0.29, 0.717) is 16.5 Å². The number of halogens is 1. The lowest BCUT2D eigenvalue weighted by Crippen LogP contribution is -2.44. The first kappa shape index (κ1) is 20.6. The first-order chi connectivity index (χ1) is 12.7. The third kappa shape index (κ3) is 4.36. The van der Waals surface area contributed by atoms with E-state index < -0.39 is 17.2 Å². The molecule has 1 aliphatic heterocycles. The normalized spacial score (nSPS) is 18.1. The van der Waals surface area contributed by atoms with E-state index in [2.05, 4.69) is 16.7 Å². The topological polar surface area (TPSA) is 115 Å². The molecule has 2 rings (SSSR count). The molecule has 0 radical (unpaired) electrons. The Morgan fingerprint density at radius 1 is 1.44 bits per heavy atom. The Labute approximate surface area is 166 Å². The number of allylic oxidation sites excluding steroid dienone is 1. The Bertz CT molecular complexity index is 899. The molecule has 2 N–H and O–H groups in total. The van der Waals surface area contributed by atoms with Crippen LogP contribution in [-0.2, 0) is 9.59 Å². The molecule has 0 aromatic heterocycles. The van der Waals surface area contributed by atoms with Crippen LogP contribution in [0.4, 0.5) is 5.69 Å². The van der Waals surface area contributed by atoms with Crippen molar-refractivity contribution in [3.05, 3.63) is 33.8 Å². The fourth-order valence-electron chi connectivity index (χ4n) is 2.64. The summed E-state index contributed by atoms with van der Waals surface area (Å²) in [5, 5.41) is 24.7. The van der Waals surface area contributed by atoms with E-state index in [1.807, 2.05) is 6.07 Å². The number of nitrogens with zero attached hydrogens (tertiary/aromatic N) is 2. The number of rotatable bonds is 5. The maximum absolute atomic E-state index is 12.3. The average molecular weight is 405 g/mol. The Kier molecular flexibility index (Phi) is 6.37. The van der Waals surface area contributed by atoms with Crippen molar-refractivity contribution in [1.29, 1.82) is 10.5 Å². The fraction of sp³-hybridized carbons (Fsp3) is 0.333. The number of hydrogen-bond donors (Lipinski definition) is 2.